The largest absolute Gasteiger partial charge is 0.0836 e. The molecule has 0 saturated heterocycles. The Kier molecular flexibility index (Phi) is 3.92. The fourth-order valence-corrected chi connectivity index (χ4v) is 4.20. The topological polar surface area (TPSA) is 0 Å². The summed E-state index contributed by atoms with van der Waals surface area (Å²) >= 11 is 6.77. The second-order valence-corrected chi connectivity index (χ2v) is 7.12. The Morgan fingerprint density at radius 2 is 0.889 bits per heavy atom. The van der Waals surface area contributed by atoms with E-state index in [1.165, 1.54) is 32.7 Å². The minimum absolute atomic E-state index is 0.775. The van der Waals surface area contributed by atoms with Gasteiger partial charge in [0.15, 0.2) is 0 Å². The molecule has 5 aromatic carbocycles. The molecule has 0 N–H and O–H groups in total. The first-order valence-corrected chi connectivity index (χ1v) is 9.45. The normalized spacial score (nSPS) is 11.1. The lowest BCUT2D eigenvalue weighted by molar-refractivity contribution is 1.62. The van der Waals surface area contributed by atoms with Crippen LogP contribution in [-0.2, 0) is 0 Å². The van der Waals surface area contributed by atoms with Crippen LogP contribution in [0.4, 0.5) is 0 Å². The Balaban J connectivity index is 1.88. The first-order valence-electron chi connectivity index (χ1n) is 9.08. The monoisotopic (exact) mass is 364 g/mol. The summed E-state index contributed by atoms with van der Waals surface area (Å²) in [6.07, 6.45) is 0. The van der Waals surface area contributed by atoms with Crippen molar-refractivity contribution in [1.29, 1.82) is 0 Å². The van der Waals surface area contributed by atoms with Crippen LogP contribution in [0.3, 0.4) is 0 Å². The van der Waals surface area contributed by atoms with Crippen LogP contribution in [0.25, 0.3) is 43.8 Å². The Morgan fingerprint density at radius 1 is 0.407 bits per heavy atom. The molecule has 1 heteroatoms. The van der Waals surface area contributed by atoms with Crippen molar-refractivity contribution >= 4 is 33.1 Å². The zero-order valence-corrected chi connectivity index (χ0v) is 15.4. The zero-order valence-electron chi connectivity index (χ0n) is 14.7. The zero-order chi connectivity index (χ0) is 18.2. The molecule has 0 aromatic heterocycles. The molecule has 0 aliphatic heterocycles. The number of fused-ring (bicyclic) bond motifs is 2. The molecule has 0 aliphatic rings. The van der Waals surface area contributed by atoms with Crippen molar-refractivity contribution in [2.75, 3.05) is 0 Å². The first kappa shape index (κ1) is 16.1. The summed E-state index contributed by atoms with van der Waals surface area (Å²) in [7, 11) is 0. The van der Waals surface area contributed by atoms with Crippen LogP contribution >= 0.6 is 11.6 Å². The number of rotatable bonds is 2. The number of hydrogen-bond donors (Lipinski definition) is 0. The summed E-state index contributed by atoms with van der Waals surface area (Å²) in [6.45, 7) is 0. The average molecular weight is 365 g/mol. The van der Waals surface area contributed by atoms with E-state index in [4.69, 9.17) is 11.6 Å². The summed E-state index contributed by atoms with van der Waals surface area (Å²) < 4.78 is 0. The molecule has 0 bridgehead atoms. The van der Waals surface area contributed by atoms with Crippen molar-refractivity contribution in [2.24, 2.45) is 0 Å². The molecule has 0 aliphatic carbocycles. The van der Waals surface area contributed by atoms with Gasteiger partial charge in [-0.05, 0) is 44.3 Å². The SMILES string of the molecule is Clc1cccc(-c2cccc3ccccc23)c1-c1cccc2ccccc12. The third-order valence-corrected chi connectivity index (χ3v) is 5.47. The Morgan fingerprint density at radius 3 is 1.59 bits per heavy atom. The predicted molar refractivity (Wildman–Crippen MR) is 117 cm³/mol. The Bertz CT molecular complexity index is 1270. The molecule has 5 aromatic rings. The van der Waals surface area contributed by atoms with E-state index in [1.807, 2.05) is 12.1 Å². The minimum Gasteiger partial charge on any atom is -0.0836 e. The lowest BCUT2D eigenvalue weighted by Gasteiger charge is -2.16. The molecule has 0 atom stereocenters. The van der Waals surface area contributed by atoms with Gasteiger partial charge >= 0.3 is 0 Å². The second-order valence-electron chi connectivity index (χ2n) is 6.72. The third kappa shape index (κ3) is 2.70. The molecule has 0 spiro atoms. The molecule has 128 valence electrons. The second kappa shape index (κ2) is 6.57. The molecule has 0 unspecified atom stereocenters. The lowest BCUT2D eigenvalue weighted by Crippen LogP contribution is -1.89. The van der Waals surface area contributed by atoms with Gasteiger partial charge in [-0.1, -0.05) is 109 Å². The summed E-state index contributed by atoms with van der Waals surface area (Å²) in [5.41, 5.74) is 4.63. The molecule has 0 saturated carbocycles. The van der Waals surface area contributed by atoms with E-state index in [2.05, 4.69) is 91.0 Å². The van der Waals surface area contributed by atoms with E-state index >= 15 is 0 Å². The standard InChI is InChI=1S/C26H17Cl/c27-25-17-7-16-24(22-14-5-10-18-8-1-3-12-20(18)22)26(25)23-15-6-11-19-9-2-4-13-21(19)23/h1-17H. The third-order valence-electron chi connectivity index (χ3n) is 5.15. The van der Waals surface area contributed by atoms with Gasteiger partial charge in [-0.15, -0.1) is 0 Å². The van der Waals surface area contributed by atoms with E-state index in [9.17, 15) is 0 Å². The van der Waals surface area contributed by atoms with E-state index < -0.39 is 0 Å². The molecule has 0 heterocycles. The maximum atomic E-state index is 6.77. The molecular formula is C26H17Cl. The van der Waals surface area contributed by atoms with Gasteiger partial charge in [0.2, 0.25) is 0 Å². The summed E-state index contributed by atoms with van der Waals surface area (Å²) in [6, 6.07) is 36.0. The maximum Gasteiger partial charge on any atom is 0.0490 e. The fourth-order valence-electron chi connectivity index (χ4n) is 3.93. The van der Waals surface area contributed by atoms with Gasteiger partial charge in [-0.25, -0.2) is 0 Å². The number of benzene rings is 5. The van der Waals surface area contributed by atoms with Crippen molar-refractivity contribution in [1.82, 2.24) is 0 Å². The van der Waals surface area contributed by atoms with Crippen molar-refractivity contribution in [3.05, 3.63) is 108 Å². The lowest BCUT2D eigenvalue weighted by atomic mass is 9.89. The Hall–Kier alpha value is -3.09. The van der Waals surface area contributed by atoms with Gasteiger partial charge in [0.05, 0.1) is 0 Å². The van der Waals surface area contributed by atoms with Crippen LogP contribution in [0.5, 0.6) is 0 Å². The van der Waals surface area contributed by atoms with Crippen molar-refractivity contribution in [2.45, 2.75) is 0 Å². The van der Waals surface area contributed by atoms with Crippen molar-refractivity contribution in [3.8, 4) is 22.3 Å². The van der Waals surface area contributed by atoms with E-state index in [-0.39, 0.29) is 0 Å². The molecule has 27 heavy (non-hydrogen) atoms. The summed E-state index contributed by atoms with van der Waals surface area (Å²) in [4.78, 5) is 0. The molecule has 0 radical (unpaired) electrons. The van der Waals surface area contributed by atoms with Crippen LogP contribution in [0.1, 0.15) is 0 Å². The molecule has 5 rings (SSSR count). The van der Waals surface area contributed by atoms with Crippen LogP contribution in [0.2, 0.25) is 5.02 Å². The van der Waals surface area contributed by atoms with Crippen molar-refractivity contribution in [3.63, 3.8) is 0 Å². The molecule has 0 fully saturated rings. The van der Waals surface area contributed by atoms with Gasteiger partial charge < -0.3 is 0 Å². The quantitative estimate of drug-likeness (QED) is 0.298. The van der Waals surface area contributed by atoms with E-state index in [0.717, 1.165) is 16.1 Å². The highest BCUT2D eigenvalue weighted by Crippen LogP contribution is 2.42. The fraction of sp³-hybridized carbons (Fsp3) is 0. The first-order chi connectivity index (χ1) is 13.3. The summed E-state index contributed by atoms with van der Waals surface area (Å²) in [5.74, 6) is 0. The van der Waals surface area contributed by atoms with Crippen LogP contribution in [-0.4, -0.2) is 0 Å². The minimum atomic E-state index is 0.775. The van der Waals surface area contributed by atoms with E-state index in [0.29, 0.717) is 0 Å². The van der Waals surface area contributed by atoms with Crippen LogP contribution in [0.15, 0.2) is 103 Å². The Labute approximate surface area is 163 Å². The van der Waals surface area contributed by atoms with Gasteiger partial charge in [0.1, 0.15) is 0 Å². The maximum absolute atomic E-state index is 6.77. The van der Waals surface area contributed by atoms with Crippen LogP contribution in [0, 0.1) is 0 Å². The average Bonchev–Trinajstić information content (AvgIpc) is 2.73. The van der Waals surface area contributed by atoms with E-state index in [1.54, 1.807) is 0 Å². The molecule has 0 amide bonds. The van der Waals surface area contributed by atoms with Gasteiger partial charge in [-0.3, -0.25) is 0 Å². The van der Waals surface area contributed by atoms with Crippen molar-refractivity contribution < 1.29 is 0 Å². The molecule has 0 nitrogen and oxygen atoms in total. The smallest absolute Gasteiger partial charge is 0.0490 e. The van der Waals surface area contributed by atoms with Gasteiger partial charge in [-0.2, -0.15) is 0 Å². The number of halogens is 1. The van der Waals surface area contributed by atoms with Crippen LogP contribution < -0.4 is 0 Å². The molecular weight excluding hydrogens is 348 g/mol. The highest BCUT2D eigenvalue weighted by Gasteiger charge is 2.15. The highest BCUT2D eigenvalue weighted by atomic mass is 35.5. The van der Waals surface area contributed by atoms with Gasteiger partial charge in [0, 0.05) is 10.6 Å². The number of hydrogen-bond acceptors (Lipinski definition) is 0. The van der Waals surface area contributed by atoms with Gasteiger partial charge in [0.25, 0.3) is 0 Å². The highest BCUT2D eigenvalue weighted by molar-refractivity contribution is 6.34. The summed E-state index contributed by atoms with van der Waals surface area (Å²) in [5, 5.41) is 5.69. The predicted octanol–water partition coefficient (Wildman–Crippen LogP) is 7.98.